The lowest BCUT2D eigenvalue weighted by Crippen LogP contribution is -2.26. The molecule has 0 atom stereocenters. The lowest BCUT2D eigenvalue weighted by atomic mass is 10.1. The molecule has 0 bridgehead atoms. The average Bonchev–Trinajstić information content (AvgIpc) is 3.06. The van der Waals surface area contributed by atoms with E-state index in [1.165, 1.54) is 16.8 Å². The third-order valence-electron chi connectivity index (χ3n) is 3.70. The predicted molar refractivity (Wildman–Crippen MR) is 96.6 cm³/mol. The van der Waals surface area contributed by atoms with Gasteiger partial charge < -0.3 is 5.32 Å². The highest BCUT2D eigenvalue weighted by molar-refractivity contribution is 6.33. The van der Waals surface area contributed by atoms with Crippen LogP contribution in [0.2, 0.25) is 5.02 Å². The van der Waals surface area contributed by atoms with Gasteiger partial charge in [0.05, 0.1) is 16.4 Å². The van der Waals surface area contributed by atoms with Gasteiger partial charge in [0.2, 0.25) is 0 Å². The minimum Gasteiger partial charge on any atom is -0.351 e. The summed E-state index contributed by atoms with van der Waals surface area (Å²) < 4.78 is 14.7. The van der Waals surface area contributed by atoms with Crippen molar-refractivity contribution in [3.63, 3.8) is 0 Å². The lowest BCUT2D eigenvalue weighted by Gasteiger charge is -2.07. The summed E-state index contributed by atoms with van der Waals surface area (Å²) in [6.07, 6.45) is 0.827. The van der Waals surface area contributed by atoms with E-state index in [9.17, 15) is 9.18 Å². The van der Waals surface area contributed by atoms with Gasteiger partial charge in [-0.1, -0.05) is 36.7 Å². The van der Waals surface area contributed by atoms with Crippen LogP contribution in [0.25, 0.3) is 16.9 Å². The van der Waals surface area contributed by atoms with Crippen LogP contribution in [0.5, 0.6) is 0 Å². The first-order chi connectivity index (χ1) is 12.1. The van der Waals surface area contributed by atoms with Crippen LogP contribution >= 0.6 is 11.6 Å². The fraction of sp³-hybridized carbons (Fsp3) is 0.158. The number of amides is 1. The van der Waals surface area contributed by atoms with E-state index in [1.807, 2.05) is 25.1 Å². The minimum absolute atomic E-state index is 0.239. The van der Waals surface area contributed by atoms with Crippen LogP contribution in [-0.4, -0.2) is 22.2 Å². The largest absolute Gasteiger partial charge is 0.351 e. The topological polar surface area (TPSA) is 46.9 Å². The molecule has 3 rings (SSSR count). The summed E-state index contributed by atoms with van der Waals surface area (Å²) in [6.45, 7) is 2.54. The molecule has 0 aliphatic carbocycles. The molecule has 0 unspecified atom stereocenters. The van der Waals surface area contributed by atoms with Crippen LogP contribution in [0.15, 0.2) is 54.6 Å². The van der Waals surface area contributed by atoms with E-state index in [-0.39, 0.29) is 11.7 Å². The Hall–Kier alpha value is -2.66. The number of halogens is 2. The van der Waals surface area contributed by atoms with Crippen molar-refractivity contribution in [1.29, 1.82) is 0 Å². The van der Waals surface area contributed by atoms with E-state index in [0.717, 1.165) is 12.0 Å². The van der Waals surface area contributed by atoms with E-state index in [4.69, 9.17) is 11.6 Å². The summed E-state index contributed by atoms with van der Waals surface area (Å²) >= 11 is 6.25. The number of benzene rings is 2. The van der Waals surface area contributed by atoms with Gasteiger partial charge in [-0.15, -0.1) is 0 Å². The van der Waals surface area contributed by atoms with Crippen LogP contribution in [0.3, 0.4) is 0 Å². The quantitative estimate of drug-likeness (QED) is 0.732. The second kappa shape index (κ2) is 7.49. The van der Waals surface area contributed by atoms with Gasteiger partial charge in [-0.25, -0.2) is 9.07 Å². The van der Waals surface area contributed by atoms with Crippen molar-refractivity contribution in [3.05, 3.63) is 71.1 Å². The Morgan fingerprint density at radius 2 is 1.92 bits per heavy atom. The third kappa shape index (κ3) is 3.72. The SMILES string of the molecule is CCCNC(=O)c1cc(-c2ccccc2Cl)nn1-c1ccc(F)cc1. The Morgan fingerprint density at radius 3 is 2.60 bits per heavy atom. The van der Waals surface area contributed by atoms with Crippen LogP contribution < -0.4 is 5.32 Å². The molecule has 1 amide bonds. The number of carbonyl (C=O) groups excluding carboxylic acids is 1. The zero-order valence-electron chi connectivity index (χ0n) is 13.7. The number of hydrogen-bond donors (Lipinski definition) is 1. The van der Waals surface area contributed by atoms with Gasteiger partial charge in [-0.05, 0) is 42.8 Å². The van der Waals surface area contributed by atoms with E-state index in [1.54, 1.807) is 24.3 Å². The van der Waals surface area contributed by atoms with Crippen molar-refractivity contribution in [2.24, 2.45) is 0 Å². The van der Waals surface area contributed by atoms with Crippen LogP contribution in [0.4, 0.5) is 4.39 Å². The van der Waals surface area contributed by atoms with Gasteiger partial charge in [0.25, 0.3) is 5.91 Å². The number of carbonyl (C=O) groups is 1. The molecule has 0 saturated heterocycles. The molecule has 128 valence electrons. The van der Waals surface area contributed by atoms with Gasteiger partial charge in [0.1, 0.15) is 11.5 Å². The molecule has 0 aliphatic heterocycles. The first-order valence-corrected chi connectivity index (χ1v) is 8.37. The Labute approximate surface area is 150 Å². The summed E-state index contributed by atoms with van der Waals surface area (Å²) in [5.74, 6) is -0.587. The first kappa shape index (κ1) is 17.2. The highest BCUT2D eigenvalue weighted by atomic mass is 35.5. The zero-order valence-corrected chi connectivity index (χ0v) is 14.4. The molecule has 4 nitrogen and oxygen atoms in total. The fourth-order valence-corrected chi connectivity index (χ4v) is 2.68. The molecule has 0 fully saturated rings. The molecule has 1 aromatic heterocycles. The number of hydrogen-bond acceptors (Lipinski definition) is 2. The summed E-state index contributed by atoms with van der Waals surface area (Å²) in [7, 11) is 0. The Bertz CT molecular complexity index is 890. The number of nitrogens with one attached hydrogen (secondary N) is 1. The van der Waals surface area contributed by atoms with E-state index in [0.29, 0.717) is 28.6 Å². The monoisotopic (exact) mass is 357 g/mol. The fourth-order valence-electron chi connectivity index (χ4n) is 2.45. The molecule has 1 N–H and O–H groups in total. The average molecular weight is 358 g/mol. The van der Waals surface area contributed by atoms with Crippen molar-refractivity contribution >= 4 is 17.5 Å². The van der Waals surface area contributed by atoms with Gasteiger partial charge >= 0.3 is 0 Å². The maximum Gasteiger partial charge on any atom is 0.270 e. The molecule has 0 aliphatic rings. The van der Waals surface area contributed by atoms with Crippen molar-refractivity contribution in [1.82, 2.24) is 15.1 Å². The Morgan fingerprint density at radius 1 is 1.20 bits per heavy atom. The molecule has 0 saturated carbocycles. The molecule has 2 aromatic carbocycles. The van der Waals surface area contributed by atoms with Crippen LogP contribution in [0, 0.1) is 5.82 Å². The molecule has 3 aromatic rings. The predicted octanol–water partition coefficient (Wildman–Crippen LogP) is 4.47. The summed E-state index contributed by atoms with van der Waals surface area (Å²) in [5.41, 5.74) is 2.28. The molecule has 25 heavy (non-hydrogen) atoms. The second-order valence-electron chi connectivity index (χ2n) is 5.54. The van der Waals surface area contributed by atoms with E-state index < -0.39 is 0 Å². The molecule has 0 radical (unpaired) electrons. The lowest BCUT2D eigenvalue weighted by molar-refractivity contribution is 0.0946. The maximum atomic E-state index is 13.2. The zero-order chi connectivity index (χ0) is 17.8. The summed E-state index contributed by atoms with van der Waals surface area (Å²) in [5, 5.41) is 7.91. The standard InChI is InChI=1S/C19H17ClFN3O/c1-2-11-22-19(25)18-12-17(15-5-3-4-6-16(15)20)23-24(18)14-9-7-13(21)8-10-14/h3-10,12H,2,11H2,1H3,(H,22,25). The third-order valence-corrected chi connectivity index (χ3v) is 4.03. The van der Waals surface area contributed by atoms with Gasteiger partial charge in [0.15, 0.2) is 0 Å². The van der Waals surface area contributed by atoms with E-state index >= 15 is 0 Å². The minimum atomic E-state index is -0.348. The highest BCUT2D eigenvalue weighted by Gasteiger charge is 2.18. The highest BCUT2D eigenvalue weighted by Crippen LogP contribution is 2.28. The van der Waals surface area contributed by atoms with Crippen LogP contribution in [-0.2, 0) is 0 Å². The second-order valence-corrected chi connectivity index (χ2v) is 5.95. The summed E-state index contributed by atoms with van der Waals surface area (Å²) in [6, 6.07) is 14.8. The van der Waals surface area contributed by atoms with Gasteiger partial charge in [-0.2, -0.15) is 5.10 Å². The number of nitrogens with zero attached hydrogens (tertiary/aromatic N) is 2. The first-order valence-electron chi connectivity index (χ1n) is 7.99. The smallest absolute Gasteiger partial charge is 0.270 e. The van der Waals surface area contributed by atoms with Crippen LogP contribution in [0.1, 0.15) is 23.8 Å². The molecular formula is C19H17ClFN3O. The van der Waals surface area contributed by atoms with Gasteiger partial charge in [0, 0.05) is 12.1 Å². The van der Waals surface area contributed by atoms with Gasteiger partial charge in [-0.3, -0.25) is 4.79 Å². The number of aromatic nitrogens is 2. The Kier molecular flexibility index (Phi) is 5.14. The van der Waals surface area contributed by atoms with Crippen molar-refractivity contribution in [3.8, 4) is 16.9 Å². The molecule has 0 spiro atoms. The summed E-state index contributed by atoms with van der Waals surface area (Å²) in [4.78, 5) is 12.5. The van der Waals surface area contributed by atoms with Crippen molar-refractivity contribution in [2.45, 2.75) is 13.3 Å². The van der Waals surface area contributed by atoms with E-state index in [2.05, 4.69) is 10.4 Å². The molecule has 6 heteroatoms. The normalized spacial score (nSPS) is 10.7. The Balaban J connectivity index is 2.09. The number of rotatable bonds is 5. The molecule has 1 heterocycles. The molecular weight excluding hydrogens is 341 g/mol. The maximum absolute atomic E-state index is 13.2. The van der Waals surface area contributed by atoms with Crippen molar-refractivity contribution < 1.29 is 9.18 Å². The van der Waals surface area contributed by atoms with Crippen molar-refractivity contribution in [2.75, 3.05) is 6.54 Å².